The molecule has 0 aliphatic heterocycles. The van der Waals surface area contributed by atoms with Crippen molar-refractivity contribution in [3.63, 3.8) is 0 Å². The molecule has 0 spiro atoms. The van der Waals surface area contributed by atoms with Gasteiger partial charge < -0.3 is 5.32 Å². The van der Waals surface area contributed by atoms with Crippen molar-refractivity contribution >= 4 is 5.91 Å². The molecule has 0 rings (SSSR count). The minimum Gasteiger partial charge on any atom is -0.357 e. The standard InChI is InChI=1S/C6H12FNO/c1-3-4-5(7)6(9)8-2/h5H,3-4H2,1-2H3,(H,8,9). The minimum atomic E-state index is -1.32. The summed E-state index contributed by atoms with van der Waals surface area (Å²) < 4.78 is 12.4. The van der Waals surface area contributed by atoms with Crippen LogP contribution in [-0.2, 0) is 4.79 Å². The van der Waals surface area contributed by atoms with E-state index in [2.05, 4.69) is 5.32 Å². The van der Waals surface area contributed by atoms with Crippen molar-refractivity contribution in [3.05, 3.63) is 0 Å². The van der Waals surface area contributed by atoms with Crippen LogP contribution < -0.4 is 5.32 Å². The molecule has 2 nitrogen and oxygen atoms in total. The summed E-state index contributed by atoms with van der Waals surface area (Å²) in [6, 6.07) is 0. The zero-order chi connectivity index (χ0) is 7.28. The molecule has 54 valence electrons. The van der Waals surface area contributed by atoms with E-state index in [0.717, 1.165) is 0 Å². The van der Waals surface area contributed by atoms with Gasteiger partial charge in [-0.25, -0.2) is 4.39 Å². The summed E-state index contributed by atoms with van der Waals surface area (Å²) in [5, 5.41) is 2.24. The van der Waals surface area contributed by atoms with Crippen LogP contribution in [0.15, 0.2) is 0 Å². The number of carbonyl (C=O) groups is 1. The quantitative estimate of drug-likeness (QED) is 0.608. The van der Waals surface area contributed by atoms with E-state index in [-0.39, 0.29) is 0 Å². The normalized spacial score (nSPS) is 12.8. The molecule has 9 heavy (non-hydrogen) atoms. The maximum absolute atomic E-state index is 12.4. The third kappa shape index (κ3) is 3.06. The highest BCUT2D eigenvalue weighted by atomic mass is 19.1. The Bertz CT molecular complexity index is 95.1. The zero-order valence-electron chi connectivity index (χ0n) is 5.78. The Morgan fingerprint density at radius 2 is 2.33 bits per heavy atom. The topological polar surface area (TPSA) is 29.1 Å². The lowest BCUT2D eigenvalue weighted by Gasteiger charge is -2.02. The molecule has 3 heteroatoms. The highest BCUT2D eigenvalue weighted by molar-refractivity contribution is 5.80. The van der Waals surface area contributed by atoms with Crippen LogP contribution in [0.5, 0.6) is 0 Å². The average Bonchev–Trinajstić information content (AvgIpc) is 1.87. The number of amides is 1. The fourth-order valence-electron chi connectivity index (χ4n) is 0.541. The molecule has 0 bridgehead atoms. The van der Waals surface area contributed by atoms with Gasteiger partial charge in [0.05, 0.1) is 0 Å². The number of halogens is 1. The third-order valence-electron chi connectivity index (χ3n) is 1.07. The number of hydrogen-bond donors (Lipinski definition) is 1. The SMILES string of the molecule is CCCC(F)C(=O)NC. The van der Waals surface area contributed by atoms with Gasteiger partial charge in [-0.05, 0) is 6.42 Å². The lowest BCUT2D eigenvalue weighted by atomic mass is 10.2. The van der Waals surface area contributed by atoms with E-state index >= 15 is 0 Å². The van der Waals surface area contributed by atoms with Crippen molar-refractivity contribution in [1.82, 2.24) is 5.32 Å². The second kappa shape index (κ2) is 4.30. The average molecular weight is 133 g/mol. The van der Waals surface area contributed by atoms with E-state index < -0.39 is 12.1 Å². The van der Waals surface area contributed by atoms with E-state index in [1.807, 2.05) is 6.92 Å². The van der Waals surface area contributed by atoms with E-state index in [9.17, 15) is 9.18 Å². The molecule has 0 aromatic carbocycles. The predicted molar refractivity (Wildman–Crippen MR) is 33.9 cm³/mol. The van der Waals surface area contributed by atoms with Crippen LogP contribution in [0.4, 0.5) is 4.39 Å². The summed E-state index contributed by atoms with van der Waals surface area (Å²) in [4.78, 5) is 10.4. The summed E-state index contributed by atoms with van der Waals surface area (Å²) in [6.07, 6.45) is -0.297. The van der Waals surface area contributed by atoms with Crippen molar-refractivity contribution in [2.24, 2.45) is 0 Å². The van der Waals surface area contributed by atoms with Gasteiger partial charge in [-0.3, -0.25) is 4.79 Å². The van der Waals surface area contributed by atoms with Gasteiger partial charge in [0, 0.05) is 7.05 Å². The Kier molecular flexibility index (Phi) is 4.01. The van der Waals surface area contributed by atoms with E-state index in [1.54, 1.807) is 0 Å². The van der Waals surface area contributed by atoms with Crippen molar-refractivity contribution in [3.8, 4) is 0 Å². The predicted octanol–water partition coefficient (Wildman–Crippen LogP) is 0.871. The number of alkyl halides is 1. The first-order chi connectivity index (χ1) is 4.22. The minimum absolute atomic E-state index is 0.319. The molecule has 1 amide bonds. The molecule has 0 saturated heterocycles. The van der Waals surface area contributed by atoms with Gasteiger partial charge in [0.15, 0.2) is 6.17 Å². The van der Waals surface area contributed by atoms with E-state index in [0.29, 0.717) is 12.8 Å². The van der Waals surface area contributed by atoms with E-state index in [4.69, 9.17) is 0 Å². The van der Waals surface area contributed by atoms with Crippen LogP contribution in [0.3, 0.4) is 0 Å². The monoisotopic (exact) mass is 133 g/mol. The lowest BCUT2D eigenvalue weighted by molar-refractivity contribution is -0.125. The van der Waals surface area contributed by atoms with Crippen LogP contribution in [0, 0.1) is 0 Å². The fraction of sp³-hybridized carbons (Fsp3) is 0.833. The van der Waals surface area contributed by atoms with Gasteiger partial charge in [-0.15, -0.1) is 0 Å². The molecule has 1 unspecified atom stereocenters. The molecule has 0 aliphatic rings. The summed E-state index contributed by atoms with van der Waals surface area (Å²) >= 11 is 0. The smallest absolute Gasteiger partial charge is 0.254 e. The van der Waals surface area contributed by atoms with Crippen molar-refractivity contribution in [2.45, 2.75) is 25.9 Å². The van der Waals surface area contributed by atoms with Gasteiger partial charge in [-0.2, -0.15) is 0 Å². The summed E-state index contributed by atoms with van der Waals surface area (Å²) in [5.41, 5.74) is 0. The van der Waals surface area contributed by atoms with Crippen LogP contribution >= 0.6 is 0 Å². The number of nitrogens with one attached hydrogen (secondary N) is 1. The van der Waals surface area contributed by atoms with E-state index in [1.165, 1.54) is 7.05 Å². The molecule has 0 heterocycles. The molecular weight excluding hydrogens is 121 g/mol. The van der Waals surface area contributed by atoms with Crippen LogP contribution in [0.25, 0.3) is 0 Å². The number of carbonyl (C=O) groups excluding carboxylic acids is 1. The summed E-state index contributed by atoms with van der Waals surface area (Å²) in [7, 11) is 1.44. The Hall–Kier alpha value is -0.600. The zero-order valence-corrected chi connectivity index (χ0v) is 5.78. The Labute approximate surface area is 54.4 Å². The van der Waals surface area contributed by atoms with Gasteiger partial charge >= 0.3 is 0 Å². The highest BCUT2D eigenvalue weighted by Crippen LogP contribution is 1.99. The molecule has 0 saturated carbocycles. The second-order valence-corrected chi connectivity index (χ2v) is 1.87. The van der Waals surface area contributed by atoms with Gasteiger partial charge in [0.2, 0.25) is 0 Å². The molecule has 1 N–H and O–H groups in total. The molecule has 0 radical (unpaired) electrons. The number of hydrogen-bond acceptors (Lipinski definition) is 1. The lowest BCUT2D eigenvalue weighted by Crippen LogP contribution is -2.28. The number of rotatable bonds is 3. The van der Waals surface area contributed by atoms with Crippen molar-refractivity contribution in [1.29, 1.82) is 0 Å². The highest BCUT2D eigenvalue weighted by Gasteiger charge is 2.12. The molecule has 0 aromatic heterocycles. The summed E-state index contributed by atoms with van der Waals surface area (Å²) in [5.74, 6) is -0.517. The van der Waals surface area contributed by atoms with Crippen LogP contribution in [0.1, 0.15) is 19.8 Å². The molecule has 1 atom stereocenters. The van der Waals surface area contributed by atoms with Gasteiger partial charge in [-0.1, -0.05) is 13.3 Å². The molecular formula is C6H12FNO. The maximum atomic E-state index is 12.4. The summed E-state index contributed by atoms with van der Waals surface area (Å²) in [6.45, 7) is 1.84. The maximum Gasteiger partial charge on any atom is 0.254 e. The van der Waals surface area contributed by atoms with Crippen molar-refractivity contribution in [2.75, 3.05) is 7.05 Å². The Morgan fingerprint density at radius 3 is 2.67 bits per heavy atom. The Morgan fingerprint density at radius 1 is 1.78 bits per heavy atom. The fourth-order valence-corrected chi connectivity index (χ4v) is 0.541. The third-order valence-corrected chi connectivity index (χ3v) is 1.07. The molecule has 0 aromatic rings. The first-order valence-electron chi connectivity index (χ1n) is 3.08. The largest absolute Gasteiger partial charge is 0.357 e. The van der Waals surface area contributed by atoms with Crippen molar-refractivity contribution < 1.29 is 9.18 Å². The second-order valence-electron chi connectivity index (χ2n) is 1.87. The van der Waals surface area contributed by atoms with Crippen LogP contribution in [0.2, 0.25) is 0 Å². The van der Waals surface area contributed by atoms with Crippen LogP contribution in [-0.4, -0.2) is 19.1 Å². The van der Waals surface area contributed by atoms with Gasteiger partial charge in [0.1, 0.15) is 0 Å². The first kappa shape index (κ1) is 8.40. The molecule has 0 fully saturated rings. The Balaban J connectivity index is 3.45. The van der Waals surface area contributed by atoms with Gasteiger partial charge in [0.25, 0.3) is 5.91 Å². The molecule has 0 aliphatic carbocycles. The first-order valence-corrected chi connectivity index (χ1v) is 3.08.